The second-order valence-electron chi connectivity index (χ2n) is 7.13. The molecule has 1 fully saturated rings. The van der Waals surface area contributed by atoms with Crippen LogP contribution in [0.3, 0.4) is 0 Å². The van der Waals surface area contributed by atoms with Gasteiger partial charge >= 0.3 is 0 Å². The maximum atomic E-state index is 5.65. The van der Waals surface area contributed by atoms with E-state index in [9.17, 15) is 0 Å². The zero-order valence-electron chi connectivity index (χ0n) is 17.5. The van der Waals surface area contributed by atoms with Gasteiger partial charge in [0.1, 0.15) is 0 Å². The SMILES string of the molecule is CCNC(=NCC1(c2ccc3c(c2)OCO3)CCOCC1)NCCCOCC.I. The van der Waals surface area contributed by atoms with Crippen molar-refractivity contribution in [3.63, 3.8) is 0 Å². The Labute approximate surface area is 190 Å². The van der Waals surface area contributed by atoms with Crippen LogP contribution in [0.2, 0.25) is 0 Å². The minimum atomic E-state index is -0.0487. The average Bonchev–Trinajstić information content (AvgIpc) is 3.20. The molecule has 0 spiro atoms. The van der Waals surface area contributed by atoms with Crippen LogP contribution in [-0.2, 0) is 14.9 Å². The lowest BCUT2D eigenvalue weighted by molar-refractivity contribution is 0.0530. The van der Waals surface area contributed by atoms with Crippen LogP contribution in [0, 0.1) is 0 Å². The number of ether oxygens (including phenoxy) is 4. The number of halogens is 1. The lowest BCUT2D eigenvalue weighted by Gasteiger charge is -2.36. The lowest BCUT2D eigenvalue weighted by Crippen LogP contribution is -2.41. The van der Waals surface area contributed by atoms with Crippen LogP contribution in [0.1, 0.15) is 38.7 Å². The predicted octanol–water partition coefficient (Wildman–Crippen LogP) is 3.06. The fourth-order valence-electron chi connectivity index (χ4n) is 3.62. The quantitative estimate of drug-likeness (QED) is 0.226. The Kier molecular flexibility index (Phi) is 10.3. The highest BCUT2D eigenvalue weighted by Gasteiger charge is 2.35. The summed E-state index contributed by atoms with van der Waals surface area (Å²) in [5, 5.41) is 6.76. The molecular formula is C21H34IN3O4. The van der Waals surface area contributed by atoms with E-state index in [1.807, 2.05) is 13.0 Å². The number of hydrogen-bond donors (Lipinski definition) is 2. The average molecular weight is 519 g/mol. The molecule has 2 heterocycles. The summed E-state index contributed by atoms with van der Waals surface area (Å²) in [6.45, 7) is 9.80. The standard InChI is InChI=1S/C21H33N3O4.HI/c1-3-22-20(23-10-5-11-25-4-2)24-15-21(8-12-26-13-9-21)17-6-7-18-19(14-17)28-16-27-18;/h6-7,14H,3-5,8-13,15-16H2,1-2H3,(H2,22,23,24);1H. The molecule has 0 unspecified atom stereocenters. The molecule has 2 N–H and O–H groups in total. The molecule has 1 aromatic carbocycles. The van der Waals surface area contributed by atoms with Crippen LogP contribution in [0.25, 0.3) is 0 Å². The van der Waals surface area contributed by atoms with Crippen molar-refractivity contribution < 1.29 is 18.9 Å². The lowest BCUT2D eigenvalue weighted by atomic mass is 9.74. The predicted molar refractivity (Wildman–Crippen MR) is 125 cm³/mol. The van der Waals surface area contributed by atoms with Gasteiger partial charge in [-0.25, -0.2) is 0 Å². The first kappa shape index (κ1) is 24.0. The van der Waals surface area contributed by atoms with Gasteiger partial charge in [-0.2, -0.15) is 0 Å². The number of hydrogen-bond acceptors (Lipinski definition) is 5. The second-order valence-corrected chi connectivity index (χ2v) is 7.13. The summed E-state index contributed by atoms with van der Waals surface area (Å²) in [6.07, 6.45) is 2.85. The molecule has 0 saturated carbocycles. The first-order valence-corrected chi connectivity index (χ1v) is 10.4. The van der Waals surface area contributed by atoms with E-state index in [0.29, 0.717) is 13.3 Å². The topological polar surface area (TPSA) is 73.3 Å². The third kappa shape index (κ3) is 6.62. The number of aliphatic imine (C=N–C) groups is 1. The third-order valence-electron chi connectivity index (χ3n) is 5.28. The van der Waals surface area contributed by atoms with E-state index in [1.54, 1.807) is 0 Å². The molecule has 7 nitrogen and oxygen atoms in total. The van der Waals surface area contributed by atoms with Gasteiger partial charge in [0.05, 0.1) is 6.54 Å². The molecule has 0 aliphatic carbocycles. The van der Waals surface area contributed by atoms with Gasteiger partial charge in [-0.1, -0.05) is 6.07 Å². The second kappa shape index (κ2) is 12.4. The highest BCUT2D eigenvalue weighted by atomic mass is 127. The summed E-state index contributed by atoms with van der Waals surface area (Å²) in [6, 6.07) is 6.28. The van der Waals surface area contributed by atoms with Crippen molar-refractivity contribution in [2.45, 2.75) is 38.5 Å². The molecule has 0 radical (unpaired) electrons. The van der Waals surface area contributed by atoms with Gasteiger partial charge in [-0.15, -0.1) is 24.0 Å². The molecule has 29 heavy (non-hydrogen) atoms. The van der Waals surface area contributed by atoms with E-state index >= 15 is 0 Å². The van der Waals surface area contributed by atoms with Crippen molar-refractivity contribution in [1.29, 1.82) is 0 Å². The van der Waals surface area contributed by atoms with E-state index in [-0.39, 0.29) is 29.4 Å². The number of fused-ring (bicyclic) bond motifs is 1. The van der Waals surface area contributed by atoms with E-state index < -0.39 is 0 Å². The Balaban J connectivity index is 0.00000300. The van der Waals surface area contributed by atoms with Crippen LogP contribution in [0.15, 0.2) is 23.2 Å². The van der Waals surface area contributed by atoms with Crippen LogP contribution < -0.4 is 20.1 Å². The van der Waals surface area contributed by atoms with Crippen molar-refractivity contribution >= 4 is 29.9 Å². The van der Waals surface area contributed by atoms with E-state index in [0.717, 1.165) is 76.2 Å². The molecular weight excluding hydrogens is 485 g/mol. The normalized spacial score (nSPS) is 17.5. The van der Waals surface area contributed by atoms with Crippen molar-refractivity contribution in [1.82, 2.24) is 10.6 Å². The smallest absolute Gasteiger partial charge is 0.231 e. The van der Waals surface area contributed by atoms with Crippen molar-refractivity contribution in [2.75, 3.05) is 52.9 Å². The van der Waals surface area contributed by atoms with Gasteiger partial charge < -0.3 is 29.6 Å². The molecule has 8 heteroatoms. The summed E-state index contributed by atoms with van der Waals surface area (Å²) in [4.78, 5) is 4.92. The Morgan fingerprint density at radius 1 is 1.14 bits per heavy atom. The van der Waals surface area contributed by atoms with Crippen molar-refractivity contribution in [2.24, 2.45) is 4.99 Å². The van der Waals surface area contributed by atoms with Crippen LogP contribution in [0.5, 0.6) is 11.5 Å². The molecule has 2 aliphatic rings. The summed E-state index contributed by atoms with van der Waals surface area (Å²) in [5.74, 6) is 2.50. The van der Waals surface area contributed by atoms with Gasteiger partial charge in [0.2, 0.25) is 6.79 Å². The number of nitrogens with zero attached hydrogens (tertiary/aromatic N) is 1. The van der Waals surface area contributed by atoms with Crippen LogP contribution in [0.4, 0.5) is 0 Å². The Morgan fingerprint density at radius 3 is 2.69 bits per heavy atom. The molecule has 1 aromatic rings. The molecule has 0 atom stereocenters. The molecule has 3 rings (SSSR count). The van der Waals surface area contributed by atoms with E-state index in [4.69, 9.17) is 23.9 Å². The first-order valence-electron chi connectivity index (χ1n) is 10.4. The van der Waals surface area contributed by atoms with Crippen molar-refractivity contribution in [3.8, 4) is 11.5 Å². The van der Waals surface area contributed by atoms with Crippen LogP contribution >= 0.6 is 24.0 Å². The number of benzene rings is 1. The maximum Gasteiger partial charge on any atom is 0.231 e. The summed E-state index contributed by atoms with van der Waals surface area (Å²) < 4.78 is 22.1. The summed E-state index contributed by atoms with van der Waals surface area (Å²) in [7, 11) is 0. The van der Waals surface area contributed by atoms with E-state index in [2.05, 4.69) is 29.7 Å². The van der Waals surface area contributed by atoms with Gasteiger partial charge in [0, 0.05) is 44.9 Å². The Hall–Kier alpha value is -1.26. The molecule has 1 saturated heterocycles. The summed E-state index contributed by atoms with van der Waals surface area (Å²) >= 11 is 0. The first-order chi connectivity index (χ1) is 13.8. The largest absolute Gasteiger partial charge is 0.454 e. The Bertz CT molecular complexity index is 651. The number of rotatable bonds is 9. The third-order valence-corrected chi connectivity index (χ3v) is 5.28. The van der Waals surface area contributed by atoms with Gasteiger partial charge in [0.25, 0.3) is 0 Å². The van der Waals surface area contributed by atoms with E-state index in [1.165, 1.54) is 5.56 Å². The van der Waals surface area contributed by atoms with Gasteiger partial charge in [0.15, 0.2) is 17.5 Å². The number of nitrogens with one attached hydrogen (secondary N) is 2. The Morgan fingerprint density at radius 2 is 1.93 bits per heavy atom. The molecule has 0 bridgehead atoms. The fourth-order valence-corrected chi connectivity index (χ4v) is 3.62. The van der Waals surface area contributed by atoms with Gasteiger partial charge in [-0.3, -0.25) is 4.99 Å². The zero-order valence-corrected chi connectivity index (χ0v) is 19.8. The molecule has 164 valence electrons. The molecule has 2 aliphatic heterocycles. The summed E-state index contributed by atoms with van der Waals surface area (Å²) in [5.41, 5.74) is 1.20. The fraction of sp³-hybridized carbons (Fsp3) is 0.667. The highest BCUT2D eigenvalue weighted by molar-refractivity contribution is 14.0. The van der Waals surface area contributed by atoms with Gasteiger partial charge in [-0.05, 0) is 50.8 Å². The van der Waals surface area contributed by atoms with Crippen molar-refractivity contribution in [3.05, 3.63) is 23.8 Å². The zero-order chi connectivity index (χ0) is 19.7. The minimum absolute atomic E-state index is 0. The maximum absolute atomic E-state index is 5.65. The van der Waals surface area contributed by atoms with Crippen LogP contribution in [-0.4, -0.2) is 58.8 Å². The molecule has 0 aromatic heterocycles. The highest BCUT2D eigenvalue weighted by Crippen LogP contribution is 2.41. The monoisotopic (exact) mass is 519 g/mol. The minimum Gasteiger partial charge on any atom is -0.454 e. The molecule has 0 amide bonds. The number of guanidine groups is 1.